The molecule has 4 nitrogen and oxygen atoms in total. The Hall–Kier alpha value is -1.00. The van der Waals surface area contributed by atoms with E-state index in [9.17, 15) is 0 Å². The molecule has 0 spiro atoms. The monoisotopic (exact) mass is 165 g/mol. The summed E-state index contributed by atoms with van der Waals surface area (Å²) >= 11 is 0. The molecule has 0 aromatic carbocycles. The van der Waals surface area contributed by atoms with Crippen LogP contribution in [0.5, 0.6) is 0 Å². The van der Waals surface area contributed by atoms with Crippen molar-refractivity contribution in [2.24, 2.45) is 0 Å². The average Bonchev–Trinajstić information content (AvgIpc) is 2.51. The molecule has 4 heteroatoms. The highest BCUT2D eigenvalue weighted by atomic mass is 16.5. The minimum absolute atomic E-state index is 0.493. The topological polar surface area (TPSA) is 47.0 Å². The number of aromatic nitrogens is 2. The molecule has 12 heavy (non-hydrogen) atoms. The summed E-state index contributed by atoms with van der Waals surface area (Å²) in [5, 5.41) is 3.21. The first kappa shape index (κ1) is 7.64. The molecule has 0 unspecified atom stereocenters. The van der Waals surface area contributed by atoms with E-state index in [0.717, 1.165) is 24.6 Å². The van der Waals surface area contributed by atoms with Crippen LogP contribution in [0.4, 0.5) is 0 Å². The summed E-state index contributed by atoms with van der Waals surface area (Å²) in [6.07, 6.45) is 1.87. The summed E-state index contributed by atoms with van der Waals surface area (Å²) in [6.45, 7) is 2.24. The van der Waals surface area contributed by atoms with E-state index in [2.05, 4.69) is 15.3 Å². The quantitative estimate of drug-likeness (QED) is 0.681. The molecule has 0 saturated carbocycles. The maximum atomic E-state index is 4.94. The Morgan fingerprint density at radius 1 is 1.58 bits per heavy atom. The number of hydrogen-bond acceptors (Lipinski definition) is 4. The lowest BCUT2D eigenvalue weighted by Crippen LogP contribution is -2.01. The van der Waals surface area contributed by atoms with Crippen LogP contribution in [0.3, 0.4) is 0 Å². The number of nitrogens with one attached hydrogen (secondary N) is 1. The zero-order valence-electron chi connectivity index (χ0n) is 7.00. The third-order valence-electron chi connectivity index (χ3n) is 1.89. The lowest BCUT2D eigenvalue weighted by molar-refractivity contribution is 0.177. The lowest BCUT2D eigenvalue weighted by atomic mass is 10.3. The molecular formula is C8H11N3O. The minimum Gasteiger partial charge on any atom is -0.377 e. The number of methoxy groups -OCH3 is 1. The van der Waals surface area contributed by atoms with E-state index in [4.69, 9.17) is 4.74 Å². The van der Waals surface area contributed by atoms with E-state index in [-0.39, 0.29) is 0 Å². The zero-order chi connectivity index (χ0) is 8.39. The molecule has 0 saturated heterocycles. The van der Waals surface area contributed by atoms with Gasteiger partial charge in [0.15, 0.2) is 5.82 Å². The van der Waals surface area contributed by atoms with Gasteiger partial charge < -0.3 is 10.1 Å². The van der Waals surface area contributed by atoms with Gasteiger partial charge in [-0.05, 0) is 0 Å². The van der Waals surface area contributed by atoms with E-state index in [1.807, 2.05) is 6.20 Å². The molecule has 1 aliphatic heterocycles. The van der Waals surface area contributed by atoms with Crippen LogP contribution in [0, 0.1) is 0 Å². The third kappa shape index (κ3) is 1.31. The molecule has 1 aromatic heterocycles. The highest BCUT2D eigenvalue weighted by Gasteiger charge is 2.11. The molecule has 0 aliphatic carbocycles. The first-order valence-electron chi connectivity index (χ1n) is 3.93. The first-order chi connectivity index (χ1) is 5.90. The number of rotatable bonds is 2. The highest BCUT2D eigenvalue weighted by molar-refractivity contribution is 5.21. The van der Waals surface area contributed by atoms with Gasteiger partial charge in [0.25, 0.3) is 0 Å². The number of ether oxygens (including phenoxy) is 1. The van der Waals surface area contributed by atoms with Gasteiger partial charge >= 0.3 is 0 Å². The second kappa shape index (κ2) is 3.16. The van der Waals surface area contributed by atoms with Gasteiger partial charge in [0.05, 0.1) is 5.69 Å². The molecule has 64 valence electrons. The van der Waals surface area contributed by atoms with E-state index in [0.29, 0.717) is 6.61 Å². The summed E-state index contributed by atoms with van der Waals surface area (Å²) in [6, 6.07) is 0. The van der Waals surface area contributed by atoms with Crippen LogP contribution >= 0.6 is 0 Å². The van der Waals surface area contributed by atoms with Gasteiger partial charge in [0.1, 0.15) is 6.61 Å². The summed E-state index contributed by atoms with van der Waals surface area (Å²) < 4.78 is 4.94. The van der Waals surface area contributed by atoms with Crippen LogP contribution in [-0.2, 0) is 24.4 Å². The molecule has 1 N–H and O–H groups in total. The predicted octanol–water partition coefficient (Wildman–Crippen LogP) is 0.226. The Kier molecular flexibility index (Phi) is 2.01. The molecule has 1 aliphatic rings. The number of nitrogens with zero attached hydrogens (tertiary/aromatic N) is 2. The summed E-state index contributed by atoms with van der Waals surface area (Å²) in [5.74, 6) is 0.764. The molecule has 1 aromatic rings. The maximum Gasteiger partial charge on any atom is 0.154 e. The van der Waals surface area contributed by atoms with Crippen molar-refractivity contribution in [3.05, 3.63) is 23.3 Å². The molecule has 0 amide bonds. The Bertz CT molecular complexity index is 288. The summed E-state index contributed by atoms with van der Waals surface area (Å²) in [7, 11) is 1.65. The van der Waals surface area contributed by atoms with Crippen LogP contribution in [0.2, 0.25) is 0 Å². The first-order valence-corrected chi connectivity index (χ1v) is 3.93. The van der Waals surface area contributed by atoms with E-state index in [1.165, 1.54) is 5.56 Å². The predicted molar refractivity (Wildman–Crippen MR) is 43.3 cm³/mol. The highest BCUT2D eigenvalue weighted by Crippen LogP contribution is 2.11. The van der Waals surface area contributed by atoms with Crippen LogP contribution in [0.25, 0.3) is 0 Å². The zero-order valence-corrected chi connectivity index (χ0v) is 7.00. The summed E-state index contributed by atoms with van der Waals surface area (Å²) in [4.78, 5) is 8.51. The van der Waals surface area contributed by atoms with Crippen molar-refractivity contribution in [2.45, 2.75) is 19.7 Å². The van der Waals surface area contributed by atoms with Crippen molar-refractivity contribution in [1.29, 1.82) is 0 Å². The molecule has 0 fully saturated rings. The van der Waals surface area contributed by atoms with Gasteiger partial charge in [-0.3, -0.25) is 0 Å². The fraction of sp³-hybridized carbons (Fsp3) is 0.500. The minimum atomic E-state index is 0.493. The Morgan fingerprint density at radius 3 is 3.33 bits per heavy atom. The fourth-order valence-electron chi connectivity index (χ4n) is 1.30. The van der Waals surface area contributed by atoms with Gasteiger partial charge in [0, 0.05) is 32.0 Å². The molecule has 0 radical (unpaired) electrons. The molecule has 2 heterocycles. The van der Waals surface area contributed by atoms with Crippen molar-refractivity contribution < 1.29 is 4.74 Å². The van der Waals surface area contributed by atoms with Crippen molar-refractivity contribution in [3.63, 3.8) is 0 Å². The Morgan fingerprint density at radius 2 is 2.50 bits per heavy atom. The van der Waals surface area contributed by atoms with Crippen LogP contribution in [0.1, 0.15) is 17.1 Å². The number of fused-ring (bicyclic) bond motifs is 1. The van der Waals surface area contributed by atoms with Crippen molar-refractivity contribution in [3.8, 4) is 0 Å². The average molecular weight is 165 g/mol. The standard InChI is InChI=1S/C8H11N3O/c1-12-5-8-10-3-6-2-9-4-7(6)11-8/h3,9H,2,4-5H2,1H3. The van der Waals surface area contributed by atoms with Crippen molar-refractivity contribution in [2.75, 3.05) is 7.11 Å². The van der Waals surface area contributed by atoms with Gasteiger partial charge in [0.2, 0.25) is 0 Å². The second-order valence-electron chi connectivity index (χ2n) is 2.79. The van der Waals surface area contributed by atoms with Crippen LogP contribution < -0.4 is 5.32 Å². The molecule has 0 atom stereocenters. The van der Waals surface area contributed by atoms with Crippen LogP contribution in [-0.4, -0.2) is 17.1 Å². The third-order valence-corrected chi connectivity index (χ3v) is 1.89. The van der Waals surface area contributed by atoms with E-state index < -0.39 is 0 Å². The van der Waals surface area contributed by atoms with Crippen LogP contribution in [0.15, 0.2) is 6.20 Å². The largest absolute Gasteiger partial charge is 0.377 e. The molecular weight excluding hydrogens is 154 g/mol. The smallest absolute Gasteiger partial charge is 0.154 e. The molecule has 2 rings (SSSR count). The van der Waals surface area contributed by atoms with Gasteiger partial charge in [-0.15, -0.1) is 0 Å². The van der Waals surface area contributed by atoms with E-state index >= 15 is 0 Å². The van der Waals surface area contributed by atoms with Gasteiger partial charge in [-0.2, -0.15) is 0 Å². The lowest BCUT2D eigenvalue weighted by Gasteiger charge is -2.00. The SMILES string of the molecule is COCc1ncc2c(n1)CNC2. The fourth-order valence-corrected chi connectivity index (χ4v) is 1.30. The molecule has 0 bridgehead atoms. The van der Waals surface area contributed by atoms with Crippen molar-refractivity contribution >= 4 is 0 Å². The van der Waals surface area contributed by atoms with Crippen molar-refractivity contribution in [1.82, 2.24) is 15.3 Å². The summed E-state index contributed by atoms with van der Waals surface area (Å²) in [5.41, 5.74) is 2.31. The normalized spacial score (nSPS) is 14.8. The van der Waals surface area contributed by atoms with Gasteiger partial charge in [-0.1, -0.05) is 0 Å². The van der Waals surface area contributed by atoms with Gasteiger partial charge in [-0.25, -0.2) is 9.97 Å². The Labute approximate surface area is 71.0 Å². The van der Waals surface area contributed by atoms with E-state index in [1.54, 1.807) is 7.11 Å². The maximum absolute atomic E-state index is 4.94. The number of hydrogen-bond donors (Lipinski definition) is 1. The Balaban J connectivity index is 2.26. The second-order valence-corrected chi connectivity index (χ2v) is 2.79.